The van der Waals surface area contributed by atoms with Gasteiger partial charge in [-0.2, -0.15) is 0 Å². The number of pyridine rings is 1. The van der Waals surface area contributed by atoms with Gasteiger partial charge >= 0.3 is 6.03 Å². The predicted molar refractivity (Wildman–Crippen MR) is 114 cm³/mol. The molecule has 1 aromatic carbocycles. The zero-order valence-electron chi connectivity index (χ0n) is 17.7. The van der Waals surface area contributed by atoms with E-state index < -0.39 is 17.5 Å². The highest BCUT2D eigenvalue weighted by Crippen LogP contribution is 2.30. The SMILES string of the molecule is Cc1cnc(N2CCN(C(=O)c3ccc(C4(C)NC(=O)NC4=O)cc3O)CC2)c(C)c1. The monoisotopic (exact) mass is 423 g/mol. The number of hydrogen-bond donors (Lipinski definition) is 3. The van der Waals surface area contributed by atoms with Gasteiger partial charge < -0.3 is 20.2 Å². The third-order valence-electron chi connectivity index (χ3n) is 5.90. The highest BCUT2D eigenvalue weighted by atomic mass is 16.3. The van der Waals surface area contributed by atoms with E-state index in [0.29, 0.717) is 31.7 Å². The van der Waals surface area contributed by atoms with E-state index in [2.05, 4.69) is 26.6 Å². The Morgan fingerprint density at radius 2 is 1.84 bits per heavy atom. The first-order valence-electron chi connectivity index (χ1n) is 10.1. The topological polar surface area (TPSA) is 115 Å². The fourth-order valence-corrected chi connectivity index (χ4v) is 4.10. The number of carbonyl (C=O) groups is 3. The van der Waals surface area contributed by atoms with E-state index in [9.17, 15) is 19.5 Å². The van der Waals surface area contributed by atoms with Gasteiger partial charge in [0, 0.05) is 32.4 Å². The van der Waals surface area contributed by atoms with Crippen LogP contribution in [0.3, 0.4) is 0 Å². The Hall–Kier alpha value is -3.62. The molecule has 3 N–H and O–H groups in total. The number of phenolic OH excluding ortho intramolecular Hbond substituents is 1. The molecule has 1 atom stereocenters. The minimum atomic E-state index is -1.29. The molecule has 4 rings (SSSR count). The van der Waals surface area contributed by atoms with Gasteiger partial charge in [-0.3, -0.25) is 14.9 Å². The fourth-order valence-electron chi connectivity index (χ4n) is 4.10. The first kappa shape index (κ1) is 20.6. The Morgan fingerprint density at radius 3 is 2.42 bits per heavy atom. The maximum Gasteiger partial charge on any atom is 0.322 e. The van der Waals surface area contributed by atoms with Crippen molar-refractivity contribution >= 4 is 23.7 Å². The second-order valence-electron chi connectivity index (χ2n) is 8.20. The van der Waals surface area contributed by atoms with Crippen molar-refractivity contribution in [3.8, 4) is 5.75 Å². The van der Waals surface area contributed by atoms with Crippen LogP contribution < -0.4 is 15.5 Å². The van der Waals surface area contributed by atoms with Crippen molar-refractivity contribution in [3.05, 3.63) is 52.7 Å². The molecule has 2 saturated heterocycles. The van der Waals surface area contributed by atoms with Crippen LogP contribution in [0.2, 0.25) is 0 Å². The molecule has 0 aliphatic carbocycles. The summed E-state index contributed by atoms with van der Waals surface area (Å²) >= 11 is 0. The van der Waals surface area contributed by atoms with Crippen LogP contribution in [0.4, 0.5) is 10.6 Å². The van der Waals surface area contributed by atoms with Crippen molar-refractivity contribution in [3.63, 3.8) is 0 Å². The van der Waals surface area contributed by atoms with E-state index in [1.165, 1.54) is 12.1 Å². The first-order valence-corrected chi connectivity index (χ1v) is 10.1. The number of rotatable bonds is 3. The zero-order valence-corrected chi connectivity index (χ0v) is 17.7. The van der Waals surface area contributed by atoms with Crippen LogP contribution in [0, 0.1) is 13.8 Å². The van der Waals surface area contributed by atoms with Gasteiger partial charge in [0.25, 0.3) is 11.8 Å². The van der Waals surface area contributed by atoms with Crippen molar-refractivity contribution in [2.45, 2.75) is 26.3 Å². The second kappa shape index (κ2) is 7.57. The predicted octanol–water partition coefficient (Wildman–Crippen LogP) is 1.42. The fraction of sp³-hybridized carbons (Fsp3) is 0.364. The number of phenols is 1. The number of aromatic nitrogens is 1. The lowest BCUT2D eigenvalue weighted by Crippen LogP contribution is -2.49. The summed E-state index contributed by atoms with van der Waals surface area (Å²) in [6.07, 6.45) is 1.84. The Labute approximate surface area is 180 Å². The summed E-state index contributed by atoms with van der Waals surface area (Å²) < 4.78 is 0. The summed E-state index contributed by atoms with van der Waals surface area (Å²) in [5, 5.41) is 15.2. The van der Waals surface area contributed by atoms with Crippen molar-refractivity contribution in [2.24, 2.45) is 0 Å². The van der Waals surface area contributed by atoms with Crippen molar-refractivity contribution in [1.29, 1.82) is 0 Å². The van der Waals surface area contributed by atoms with E-state index in [0.717, 1.165) is 16.9 Å². The average molecular weight is 423 g/mol. The van der Waals surface area contributed by atoms with Gasteiger partial charge in [-0.1, -0.05) is 12.1 Å². The van der Waals surface area contributed by atoms with Gasteiger partial charge in [0.2, 0.25) is 0 Å². The quantitative estimate of drug-likeness (QED) is 0.644. The molecule has 1 aromatic heterocycles. The van der Waals surface area contributed by atoms with Crippen LogP contribution in [0.25, 0.3) is 0 Å². The Morgan fingerprint density at radius 1 is 1.13 bits per heavy atom. The number of aromatic hydroxyl groups is 1. The molecule has 2 aliphatic rings. The molecule has 0 bridgehead atoms. The summed E-state index contributed by atoms with van der Waals surface area (Å²) in [6.45, 7) is 7.88. The van der Waals surface area contributed by atoms with E-state index in [-0.39, 0.29) is 17.2 Å². The molecular weight excluding hydrogens is 398 g/mol. The van der Waals surface area contributed by atoms with Gasteiger partial charge in [0.05, 0.1) is 5.56 Å². The van der Waals surface area contributed by atoms with E-state index in [1.807, 2.05) is 20.0 Å². The van der Waals surface area contributed by atoms with E-state index in [1.54, 1.807) is 17.9 Å². The number of nitrogens with one attached hydrogen (secondary N) is 2. The molecule has 0 spiro atoms. The molecule has 0 radical (unpaired) electrons. The lowest BCUT2D eigenvalue weighted by Gasteiger charge is -2.36. The maximum atomic E-state index is 13.0. The zero-order chi connectivity index (χ0) is 22.3. The number of nitrogens with zero attached hydrogens (tertiary/aromatic N) is 3. The minimum absolute atomic E-state index is 0.162. The van der Waals surface area contributed by atoms with Crippen molar-refractivity contribution < 1.29 is 19.5 Å². The molecular formula is C22H25N5O4. The molecule has 4 amide bonds. The molecule has 2 fully saturated rings. The largest absolute Gasteiger partial charge is 0.507 e. The molecule has 31 heavy (non-hydrogen) atoms. The Kier molecular flexibility index (Phi) is 5.04. The molecule has 9 heteroatoms. The van der Waals surface area contributed by atoms with Crippen LogP contribution in [-0.4, -0.2) is 59.0 Å². The van der Waals surface area contributed by atoms with Crippen molar-refractivity contribution in [1.82, 2.24) is 20.5 Å². The molecule has 3 heterocycles. The third kappa shape index (κ3) is 3.67. The summed E-state index contributed by atoms with van der Waals surface area (Å²) in [4.78, 5) is 45.0. The van der Waals surface area contributed by atoms with Crippen LogP contribution in [0.15, 0.2) is 30.5 Å². The standard InChI is InChI=1S/C22H25N5O4/c1-13-10-14(2)18(23-12-13)26-6-8-27(9-7-26)19(29)16-5-4-15(11-17(16)28)22(3)20(30)24-21(31)25-22/h4-5,10-12,28H,6-9H2,1-3H3,(H2,24,25,30,31). The number of imide groups is 1. The number of amides is 4. The van der Waals surface area contributed by atoms with Crippen LogP contribution >= 0.6 is 0 Å². The number of urea groups is 1. The summed E-state index contributed by atoms with van der Waals surface area (Å²) in [6, 6.07) is 5.92. The molecule has 2 aromatic rings. The summed E-state index contributed by atoms with van der Waals surface area (Å²) in [5.41, 5.74) is 1.48. The van der Waals surface area contributed by atoms with Gasteiger partial charge in [-0.15, -0.1) is 0 Å². The normalized spacial score (nSPS) is 21.1. The summed E-state index contributed by atoms with van der Waals surface area (Å²) in [7, 11) is 0. The number of carbonyl (C=O) groups excluding carboxylic acids is 3. The number of benzene rings is 1. The first-order chi connectivity index (χ1) is 14.7. The number of piperazine rings is 1. The Bertz CT molecular complexity index is 1080. The van der Waals surface area contributed by atoms with E-state index >= 15 is 0 Å². The molecule has 162 valence electrons. The third-order valence-corrected chi connectivity index (χ3v) is 5.90. The Balaban J connectivity index is 1.47. The maximum absolute atomic E-state index is 13.0. The van der Waals surface area contributed by atoms with E-state index in [4.69, 9.17) is 0 Å². The molecule has 0 saturated carbocycles. The number of aryl methyl sites for hydroxylation is 2. The molecule has 1 unspecified atom stereocenters. The highest BCUT2D eigenvalue weighted by Gasteiger charge is 2.43. The average Bonchev–Trinajstić information content (AvgIpc) is 3.00. The molecule has 2 aliphatic heterocycles. The van der Waals surface area contributed by atoms with Gasteiger partial charge in [0.1, 0.15) is 17.1 Å². The van der Waals surface area contributed by atoms with Crippen LogP contribution in [-0.2, 0) is 10.3 Å². The lowest BCUT2D eigenvalue weighted by molar-refractivity contribution is -0.123. The second-order valence-corrected chi connectivity index (χ2v) is 8.20. The van der Waals surface area contributed by atoms with Crippen LogP contribution in [0.1, 0.15) is 34.0 Å². The highest BCUT2D eigenvalue weighted by molar-refractivity contribution is 6.07. The van der Waals surface area contributed by atoms with Gasteiger partial charge in [-0.25, -0.2) is 9.78 Å². The summed E-state index contributed by atoms with van der Waals surface area (Å²) in [5.74, 6) is -0.0827. The smallest absolute Gasteiger partial charge is 0.322 e. The molecule has 9 nitrogen and oxygen atoms in total. The van der Waals surface area contributed by atoms with Gasteiger partial charge in [-0.05, 0) is 49.6 Å². The number of hydrogen-bond acceptors (Lipinski definition) is 6. The number of anilines is 1. The minimum Gasteiger partial charge on any atom is -0.507 e. The van der Waals surface area contributed by atoms with Crippen molar-refractivity contribution in [2.75, 3.05) is 31.1 Å². The van der Waals surface area contributed by atoms with Gasteiger partial charge in [0.15, 0.2) is 0 Å². The van der Waals surface area contributed by atoms with Crippen LogP contribution in [0.5, 0.6) is 5.75 Å². The lowest BCUT2D eigenvalue weighted by atomic mass is 9.91.